The second-order valence-corrected chi connectivity index (χ2v) is 3.73. The van der Waals surface area contributed by atoms with Crippen LogP contribution in [0.25, 0.3) is 0 Å². The first-order chi connectivity index (χ1) is 7.02. The summed E-state index contributed by atoms with van der Waals surface area (Å²) in [5, 5.41) is 11.5. The average molecular weight is 210 g/mol. The summed E-state index contributed by atoms with van der Waals surface area (Å²) in [5.74, 6) is 1.34. The third-order valence-corrected chi connectivity index (χ3v) is 2.64. The smallest absolute Gasteiger partial charge is 0.329 e. The third kappa shape index (κ3) is 2.21. The zero-order chi connectivity index (χ0) is 11.5. The number of aliphatic carboxylic acids is 1. The standard InChI is InChI=1S/C10H14N2O3/c1-3-7-12(2)9(15)11-10(8(13)14)5-4-6-10/h1H,4-7H2,2H3,(H,11,15)(H,13,14). The van der Waals surface area contributed by atoms with Crippen molar-refractivity contribution in [1.29, 1.82) is 0 Å². The van der Waals surface area contributed by atoms with Gasteiger partial charge in [-0.05, 0) is 19.3 Å². The van der Waals surface area contributed by atoms with E-state index in [1.165, 1.54) is 11.9 Å². The van der Waals surface area contributed by atoms with Crippen molar-refractivity contribution in [1.82, 2.24) is 10.2 Å². The van der Waals surface area contributed by atoms with E-state index in [-0.39, 0.29) is 6.54 Å². The number of rotatable bonds is 3. The number of carboxylic acids is 1. The van der Waals surface area contributed by atoms with Gasteiger partial charge in [-0.3, -0.25) is 0 Å². The van der Waals surface area contributed by atoms with E-state index < -0.39 is 17.5 Å². The fraction of sp³-hybridized carbons (Fsp3) is 0.600. The Kier molecular flexibility index (Phi) is 3.20. The van der Waals surface area contributed by atoms with Crippen molar-refractivity contribution in [3.05, 3.63) is 0 Å². The molecule has 0 saturated heterocycles. The molecule has 15 heavy (non-hydrogen) atoms. The molecule has 0 radical (unpaired) electrons. The van der Waals surface area contributed by atoms with E-state index in [4.69, 9.17) is 11.5 Å². The topological polar surface area (TPSA) is 69.6 Å². The number of hydrogen-bond acceptors (Lipinski definition) is 2. The molecular formula is C10H14N2O3. The minimum absolute atomic E-state index is 0.168. The summed E-state index contributed by atoms with van der Waals surface area (Å²) in [6.45, 7) is 0.168. The number of amides is 2. The van der Waals surface area contributed by atoms with E-state index in [2.05, 4.69) is 11.2 Å². The first kappa shape index (κ1) is 11.4. The first-order valence-electron chi connectivity index (χ1n) is 4.72. The molecule has 2 amide bonds. The molecule has 0 heterocycles. The number of urea groups is 1. The van der Waals surface area contributed by atoms with Crippen LogP contribution in [0.3, 0.4) is 0 Å². The number of nitrogens with zero attached hydrogens (tertiary/aromatic N) is 1. The molecule has 1 aliphatic rings. The zero-order valence-electron chi connectivity index (χ0n) is 8.62. The lowest BCUT2D eigenvalue weighted by Gasteiger charge is -2.39. The van der Waals surface area contributed by atoms with Crippen molar-refractivity contribution in [2.24, 2.45) is 0 Å². The van der Waals surface area contributed by atoms with Gasteiger partial charge in [0.25, 0.3) is 0 Å². The van der Waals surface area contributed by atoms with E-state index in [1.54, 1.807) is 0 Å². The van der Waals surface area contributed by atoms with Crippen LogP contribution in [0.2, 0.25) is 0 Å². The second-order valence-electron chi connectivity index (χ2n) is 3.73. The van der Waals surface area contributed by atoms with Gasteiger partial charge in [-0.1, -0.05) is 5.92 Å². The minimum atomic E-state index is -1.07. The highest BCUT2D eigenvalue weighted by Gasteiger charge is 2.46. The lowest BCUT2D eigenvalue weighted by molar-refractivity contribution is -0.148. The Morgan fingerprint density at radius 3 is 2.53 bits per heavy atom. The van der Waals surface area contributed by atoms with Crippen molar-refractivity contribution in [2.75, 3.05) is 13.6 Å². The largest absolute Gasteiger partial charge is 0.480 e. The van der Waals surface area contributed by atoms with Crippen LogP contribution in [0.4, 0.5) is 4.79 Å². The number of hydrogen-bond donors (Lipinski definition) is 2. The van der Waals surface area contributed by atoms with Crippen molar-refractivity contribution in [2.45, 2.75) is 24.8 Å². The first-order valence-corrected chi connectivity index (χ1v) is 4.72. The van der Waals surface area contributed by atoms with Crippen LogP contribution >= 0.6 is 0 Å². The number of carboxylic acid groups (broad SMARTS) is 1. The molecule has 0 spiro atoms. The van der Waals surface area contributed by atoms with Gasteiger partial charge in [-0.15, -0.1) is 6.42 Å². The molecule has 1 aliphatic carbocycles. The maximum absolute atomic E-state index is 11.5. The number of carbonyl (C=O) groups excluding carboxylic acids is 1. The Hall–Kier alpha value is -1.70. The highest BCUT2D eigenvalue weighted by atomic mass is 16.4. The minimum Gasteiger partial charge on any atom is -0.480 e. The summed E-state index contributed by atoms with van der Waals surface area (Å²) in [6, 6.07) is -0.435. The predicted molar refractivity (Wildman–Crippen MR) is 54.2 cm³/mol. The van der Waals surface area contributed by atoms with Crippen LogP contribution in [0.5, 0.6) is 0 Å². The lowest BCUT2D eigenvalue weighted by Crippen LogP contribution is -2.61. The van der Waals surface area contributed by atoms with E-state index in [0.717, 1.165) is 6.42 Å². The lowest BCUT2D eigenvalue weighted by atomic mass is 9.77. The predicted octanol–water partition coefficient (Wildman–Crippen LogP) is 0.268. The van der Waals surface area contributed by atoms with Crippen molar-refractivity contribution in [3.8, 4) is 12.3 Å². The van der Waals surface area contributed by atoms with Crippen LogP contribution in [0.15, 0.2) is 0 Å². The highest BCUT2D eigenvalue weighted by molar-refractivity contribution is 5.87. The van der Waals surface area contributed by atoms with Crippen LogP contribution < -0.4 is 5.32 Å². The molecule has 0 aromatic carbocycles. The summed E-state index contributed by atoms with van der Waals surface area (Å²) in [6.07, 6.45) is 6.84. The van der Waals surface area contributed by atoms with E-state index in [1.807, 2.05) is 0 Å². The summed E-state index contributed by atoms with van der Waals surface area (Å²) >= 11 is 0. The van der Waals surface area contributed by atoms with Gasteiger partial charge in [-0.2, -0.15) is 0 Å². The third-order valence-electron chi connectivity index (χ3n) is 2.64. The molecule has 2 N–H and O–H groups in total. The van der Waals surface area contributed by atoms with Gasteiger partial charge in [-0.25, -0.2) is 9.59 Å². The van der Waals surface area contributed by atoms with Crippen molar-refractivity contribution >= 4 is 12.0 Å². The maximum Gasteiger partial charge on any atom is 0.329 e. The van der Waals surface area contributed by atoms with Gasteiger partial charge >= 0.3 is 12.0 Å². The second kappa shape index (κ2) is 4.22. The fourth-order valence-electron chi connectivity index (χ4n) is 1.43. The maximum atomic E-state index is 11.5. The van der Waals surface area contributed by atoms with E-state index >= 15 is 0 Å². The summed E-state index contributed by atoms with van der Waals surface area (Å²) in [4.78, 5) is 23.7. The summed E-state index contributed by atoms with van der Waals surface area (Å²) < 4.78 is 0. The van der Waals surface area contributed by atoms with E-state index in [0.29, 0.717) is 12.8 Å². The Morgan fingerprint density at radius 1 is 1.60 bits per heavy atom. The molecular weight excluding hydrogens is 196 g/mol. The molecule has 1 fully saturated rings. The molecule has 1 saturated carbocycles. The normalized spacial score (nSPS) is 17.1. The highest BCUT2D eigenvalue weighted by Crippen LogP contribution is 2.32. The summed E-state index contributed by atoms with van der Waals surface area (Å²) in [5.41, 5.74) is -1.07. The van der Waals surface area contributed by atoms with Crippen LogP contribution in [-0.4, -0.2) is 41.1 Å². The number of nitrogens with one attached hydrogen (secondary N) is 1. The monoisotopic (exact) mass is 210 g/mol. The molecule has 5 nitrogen and oxygen atoms in total. The molecule has 82 valence electrons. The number of terminal acetylenes is 1. The molecule has 0 aliphatic heterocycles. The van der Waals surface area contributed by atoms with Crippen molar-refractivity contribution < 1.29 is 14.7 Å². The Labute approximate surface area is 88.4 Å². The molecule has 0 aromatic heterocycles. The quantitative estimate of drug-likeness (QED) is 0.657. The molecule has 5 heteroatoms. The molecule has 0 bridgehead atoms. The van der Waals surface area contributed by atoms with Gasteiger partial charge < -0.3 is 15.3 Å². The van der Waals surface area contributed by atoms with Crippen molar-refractivity contribution in [3.63, 3.8) is 0 Å². The van der Waals surface area contributed by atoms with E-state index in [9.17, 15) is 9.59 Å². The van der Waals surface area contributed by atoms with Gasteiger partial charge in [0.1, 0.15) is 5.54 Å². The fourth-order valence-corrected chi connectivity index (χ4v) is 1.43. The SMILES string of the molecule is C#CCN(C)C(=O)NC1(C(=O)O)CCC1. The average Bonchev–Trinajstić information content (AvgIpc) is 2.10. The van der Waals surface area contributed by atoms with Crippen LogP contribution in [-0.2, 0) is 4.79 Å². The molecule has 1 rings (SSSR count). The Bertz CT molecular complexity index is 315. The molecule has 0 unspecified atom stereocenters. The van der Waals surface area contributed by atoms with Crippen LogP contribution in [0.1, 0.15) is 19.3 Å². The zero-order valence-corrected chi connectivity index (χ0v) is 8.62. The number of carbonyl (C=O) groups is 2. The molecule has 0 atom stereocenters. The Morgan fingerprint density at radius 2 is 2.20 bits per heavy atom. The van der Waals surface area contributed by atoms with Gasteiger partial charge in [0.15, 0.2) is 0 Å². The Balaban J connectivity index is 2.57. The van der Waals surface area contributed by atoms with Gasteiger partial charge in [0.2, 0.25) is 0 Å². The van der Waals surface area contributed by atoms with Gasteiger partial charge in [0, 0.05) is 7.05 Å². The summed E-state index contributed by atoms with van der Waals surface area (Å²) in [7, 11) is 1.53. The van der Waals surface area contributed by atoms with Crippen LogP contribution in [0, 0.1) is 12.3 Å². The van der Waals surface area contributed by atoms with Gasteiger partial charge in [0.05, 0.1) is 6.54 Å². The molecule has 0 aromatic rings.